The van der Waals surface area contributed by atoms with Crippen LogP contribution < -0.4 is 15.4 Å². The summed E-state index contributed by atoms with van der Waals surface area (Å²) >= 11 is 1.38. The van der Waals surface area contributed by atoms with Crippen LogP contribution in [0.5, 0.6) is 0 Å². The number of fused-ring (bicyclic) bond motifs is 1. The van der Waals surface area contributed by atoms with Gasteiger partial charge in [0, 0.05) is 29.2 Å². The molecule has 2 amide bonds. The Hall–Kier alpha value is -2.96. The van der Waals surface area contributed by atoms with Crippen LogP contribution in [0.1, 0.15) is 52.0 Å². The minimum Gasteiger partial charge on any atom is -0.391 e. The van der Waals surface area contributed by atoms with Gasteiger partial charge in [0.1, 0.15) is 6.04 Å². The van der Waals surface area contributed by atoms with Gasteiger partial charge in [-0.3, -0.25) is 9.59 Å². The van der Waals surface area contributed by atoms with Crippen LogP contribution in [0.3, 0.4) is 0 Å². The van der Waals surface area contributed by atoms with Crippen molar-refractivity contribution in [1.29, 1.82) is 0 Å². The third-order valence-electron chi connectivity index (χ3n) is 8.55. The van der Waals surface area contributed by atoms with E-state index < -0.39 is 39.7 Å². The number of carbonyl (C=O) groups excluding carboxylic acids is 2. The van der Waals surface area contributed by atoms with E-state index in [0.29, 0.717) is 19.3 Å². The van der Waals surface area contributed by atoms with Crippen molar-refractivity contribution in [2.24, 2.45) is 11.8 Å². The standard InChI is InChI=1S/C36H49N3O6S2/c1-36(2,3)38-34(41)30-18-16-28(45-4)20-27(30)22-33(40)31(19-24-11-7-6-8-12-24)37-35(42)32(39-47(5,43)44)23-46-29-17-15-25-13-9-10-14-26(25)21-29/h6-15,17,21,27-28,30-33,39-40H,16,18-20,22-23H2,1-5H3,(H,37,42)(H,38,41)/t27?,28?,30?,31?,32-,33?/m1/s1. The van der Waals surface area contributed by atoms with E-state index in [1.165, 1.54) is 11.8 Å². The van der Waals surface area contributed by atoms with Crippen LogP contribution in [0, 0.1) is 11.8 Å². The van der Waals surface area contributed by atoms with E-state index in [2.05, 4.69) is 15.4 Å². The number of benzene rings is 3. The summed E-state index contributed by atoms with van der Waals surface area (Å²) in [5.74, 6) is -0.894. The van der Waals surface area contributed by atoms with Gasteiger partial charge < -0.3 is 20.5 Å². The fourth-order valence-electron chi connectivity index (χ4n) is 6.27. The second-order valence-electron chi connectivity index (χ2n) is 13.6. The van der Waals surface area contributed by atoms with Crippen molar-refractivity contribution in [3.05, 3.63) is 78.4 Å². The van der Waals surface area contributed by atoms with Crippen molar-refractivity contribution in [2.45, 2.75) is 87.6 Å². The maximum absolute atomic E-state index is 13.8. The highest BCUT2D eigenvalue weighted by Gasteiger charge is 2.39. The SMILES string of the molecule is COC1CCC(C(=O)NC(C)(C)C)C(CC(O)C(Cc2ccccc2)NC(=O)[C@@H](CSc2ccc3ccccc3c2)NS(C)(=O)=O)C1. The monoisotopic (exact) mass is 683 g/mol. The van der Waals surface area contributed by atoms with Gasteiger partial charge in [-0.2, -0.15) is 0 Å². The number of aliphatic hydroxyl groups excluding tert-OH is 1. The van der Waals surface area contributed by atoms with Crippen LogP contribution in [-0.2, 0) is 30.8 Å². The third kappa shape index (κ3) is 11.6. The van der Waals surface area contributed by atoms with Gasteiger partial charge in [-0.15, -0.1) is 11.8 Å². The number of methoxy groups -OCH3 is 1. The smallest absolute Gasteiger partial charge is 0.239 e. The van der Waals surface area contributed by atoms with Crippen molar-refractivity contribution < 1.29 is 27.9 Å². The summed E-state index contributed by atoms with van der Waals surface area (Å²) in [6, 6.07) is 21.6. The van der Waals surface area contributed by atoms with E-state index in [1.807, 2.05) is 93.6 Å². The van der Waals surface area contributed by atoms with E-state index in [1.54, 1.807) is 7.11 Å². The molecular formula is C36H49N3O6S2. The maximum atomic E-state index is 13.8. The molecule has 1 saturated carbocycles. The molecule has 1 aliphatic carbocycles. The number of carbonyl (C=O) groups is 2. The van der Waals surface area contributed by atoms with Crippen LogP contribution in [0.15, 0.2) is 77.7 Å². The highest BCUT2D eigenvalue weighted by Crippen LogP contribution is 2.36. The summed E-state index contributed by atoms with van der Waals surface area (Å²) in [5, 5.41) is 20.0. The highest BCUT2D eigenvalue weighted by molar-refractivity contribution is 7.99. The van der Waals surface area contributed by atoms with Crippen molar-refractivity contribution in [3.8, 4) is 0 Å². The summed E-state index contributed by atoms with van der Waals surface area (Å²) in [6.07, 6.45) is 2.61. The lowest BCUT2D eigenvalue weighted by Crippen LogP contribution is -2.54. The Morgan fingerprint density at radius 2 is 1.68 bits per heavy atom. The molecule has 1 fully saturated rings. The molecule has 3 aromatic rings. The maximum Gasteiger partial charge on any atom is 0.239 e. The van der Waals surface area contributed by atoms with Gasteiger partial charge in [0.05, 0.1) is 24.5 Å². The fourth-order valence-corrected chi connectivity index (χ4v) is 8.05. The molecule has 0 aromatic heterocycles. The Kier molecular flexibility index (Phi) is 12.9. The predicted molar refractivity (Wildman–Crippen MR) is 189 cm³/mol. The normalized spacial score (nSPS) is 20.7. The van der Waals surface area contributed by atoms with E-state index in [4.69, 9.17) is 4.74 Å². The minimum absolute atomic E-state index is 0.0245. The molecule has 256 valence electrons. The van der Waals surface area contributed by atoms with E-state index in [-0.39, 0.29) is 36.0 Å². The number of aliphatic hydroxyl groups is 1. The summed E-state index contributed by atoms with van der Waals surface area (Å²) < 4.78 is 32.9. The summed E-state index contributed by atoms with van der Waals surface area (Å²) in [6.45, 7) is 5.83. The van der Waals surface area contributed by atoms with Crippen LogP contribution in [0.25, 0.3) is 10.8 Å². The molecule has 0 spiro atoms. The van der Waals surface area contributed by atoms with Crippen molar-refractivity contribution in [3.63, 3.8) is 0 Å². The fraction of sp³-hybridized carbons (Fsp3) is 0.500. The number of hydrogen-bond donors (Lipinski definition) is 4. The zero-order valence-corrected chi connectivity index (χ0v) is 29.6. The third-order valence-corrected chi connectivity index (χ3v) is 10.3. The van der Waals surface area contributed by atoms with Crippen LogP contribution in [0.4, 0.5) is 0 Å². The molecule has 47 heavy (non-hydrogen) atoms. The largest absolute Gasteiger partial charge is 0.391 e. The first-order valence-electron chi connectivity index (χ1n) is 16.2. The van der Waals surface area contributed by atoms with E-state index >= 15 is 0 Å². The molecule has 11 heteroatoms. The van der Waals surface area contributed by atoms with Crippen LogP contribution in [-0.4, -0.2) is 74.3 Å². The lowest BCUT2D eigenvalue weighted by Gasteiger charge is -2.38. The molecule has 0 aliphatic heterocycles. The summed E-state index contributed by atoms with van der Waals surface area (Å²) in [7, 11) is -2.07. The van der Waals surface area contributed by atoms with Gasteiger partial charge in [-0.1, -0.05) is 60.7 Å². The molecule has 1 aliphatic rings. The Balaban J connectivity index is 1.54. The second-order valence-corrected chi connectivity index (χ2v) is 16.5. The topological polar surface area (TPSA) is 134 Å². The average Bonchev–Trinajstić information content (AvgIpc) is 3.01. The highest BCUT2D eigenvalue weighted by atomic mass is 32.2. The van der Waals surface area contributed by atoms with Gasteiger partial charge in [0.25, 0.3) is 0 Å². The Morgan fingerprint density at radius 1 is 1.00 bits per heavy atom. The summed E-state index contributed by atoms with van der Waals surface area (Å²) in [5.41, 5.74) is 0.518. The first-order chi connectivity index (χ1) is 22.2. The van der Waals surface area contributed by atoms with E-state index in [0.717, 1.165) is 33.9 Å². The molecule has 6 atom stereocenters. The lowest BCUT2D eigenvalue weighted by molar-refractivity contribution is -0.132. The molecule has 4 rings (SSSR count). The molecule has 0 radical (unpaired) electrons. The molecule has 0 bridgehead atoms. The number of nitrogens with one attached hydrogen (secondary N) is 3. The quantitative estimate of drug-likeness (QED) is 0.182. The minimum atomic E-state index is -3.73. The van der Waals surface area contributed by atoms with Gasteiger partial charge in [0.2, 0.25) is 21.8 Å². The number of thioether (sulfide) groups is 1. The first-order valence-corrected chi connectivity index (χ1v) is 19.0. The van der Waals surface area contributed by atoms with Crippen molar-refractivity contribution in [1.82, 2.24) is 15.4 Å². The van der Waals surface area contributed by atoms with Crippen molar-refractivity contribution in [2.75, 3.05) is 19.1 Å². The van der Waals surface area contributed by atoms with Gasteiger partial charge in [-0.25, -0.2) is 13.1 Å². The number of rotatable bonds is 14. The molecular weight excluding hydrogens is 635 g/mol. The van der Waals surface area contributed by atoms with Gasteiger partial charge in [0.15, 0.2) is 0 Å². The average molecular weight is 684 g/mol. The molecule has 4 N–H and O–H groups in total. The summed E-state index contributed by atoms with van der Waals surface area (Å²) in [4.78, 5) is 28.1. The Morgan fingerprint density at radius 3 is 2.34 bits per heavy atom. The number of sulfonamides is 1. The lowest BCUT2D eigenvalue weighted by atomic mass is 9.73. The first kappa shape index (κ1) is 36.9. The Bertz CT molecular complexity index is 1600. The predicted octanol–water partition coefficient (Wildman–Crippen LogP) is 4.67. The number of amides is 2. The second kappa shape index (κ2) is 16.4. The zero-order valence-electron chi connectivity index (χ0n) is 27.9. The molecule has 9 nitrogen and oxygen atoms in total. The van der Waals surface area contributed by atoms with Crippen molar-refractivity contribution >= 4 is 44.4 Å². The molecule has 0 saturated heterocycles. The van der Waals surface area contributed by atoms with Crippen LogP contribution in [0.2, 0.25) is 0 Å². The Labute approximate surface area is 283 Å². The molecule has 0 heterocycles. The molecule has 5 unspecified atom stereocenters. The zero-order chi connectivity index (χ0) is 34.2. The van der Waals surface area contributed by atoms with E-state index in [9.17, 15) is 23.1 Å². The van der Waals surface area contributed by atoms with Crippen LogP contribution >= 0.6 is 11.8 Å². The number of hydrogen-bond acceptors (Lipinski definition) is 7. The number of ether oxygens (including phenoxy) is 1. The van der Waals surface area contributed by atoms with Gasteiger partial charge >= 0.3 is 0 Å². The van der Waals surface area contributed by atoms with Gasteiger partial charge in [-0.05, 0) is 87.3 Å². The molecule has 3 aromatic carbocycles.